The SMILES string of the molecule is Cc1cc2oc(=O)cc(COC(=O)Cc3c(C)noc3C)c2cc1C(C)C. The molecule has 2 heterocycles. The van der Waals surface area contributed by atoms with Gasteiger partial charge in [-0.15, -0.1) is 0 Å². The molecule has 0 aliphatic rings. The molecule has 0 atom stereocenters. The highest BCUT2D eigenvalue weighted by Crippen LogP contribution is 2.27. The van der Waals surface area contributed by atoms with Gasteiger partial charge in [0.2, 0.25) is 0 Å². The number of hydrogen-bond donors (Lipinski definition) is 0. The van der Waals surface area contributed by atoms with E-state index in [1.54, 1.807) is 13.8 Å². The fourth-order valence-electron chi connectivity index (χ4n) is 3.24. The van der Waals surface area contributed by atoms with E-state index in [9.17, 15) is 9.59 Å². The summed E-state index contributed by atoms with van der Waals surface area (Å²) in [5.41, 5.74) is 4.31. The zero-order valence-electron chi connectivity index (χ0n) is 16.2. The minimum absolute atomic E-state index is 0.00487. The van der Waals surface area contributed by atoms with Gasteiger partial charge < -0.3 is 13.7 Å². The Morgan fingerprint density at radius 3 is 2.56 bits per heavy atom. The molecule has 0 fully saturated rings. The molecule has 6 nitrogen and oxygen atoms in total. The number of hydrogen-bond acceptors (Lipinski definition) is 6. The molecular formula is C21H23NO5. The van der Waals surface area contributed by atoms with Crippen LogP contribution in [0.4, 0.5) is 0 Å². The van der Waals surface area contributed by atoms with Gasteiger partial charge in [-0.05, 0) is 49.9 Å². The number of aryl methyl sites for hydroxylation is 3. The summed E-state index contributed by atoms with van der Waals surface area (Å²) in [4.78, 5) is 24.1. The van der Waals surface area contributed by atoms with E-state index in [2.05, 4.69) is 19.0 Å². The van der Waals surface area contributed by atoms with E-state index in [0.717, 1.165) is 16.5 Å². The van der Waals surface area contributed by atoms with Gasteiger partial charge >= 0.3 is 11.6 Å². The van der Waals surface area contributed by atoms with Crippen LogP contribution in [0.5, 0.6) is 0 Å². The minimum atomic E-state index is -0.462. The Kier molecular flexibility index (Phi) is 5.17. The first-order chi connectivity index (χ1) is 12.8. The number of rotatable bonds is 5. The highest BCUT2D eigenvalue weighted by atomic mass is 16.5. The van der Waals surface area contributed by atoms with Gasteiger partial charge in [0.1, 0.15) is 18.0 Å². The van der Waals surface area contributed by atoms with Crippen molar-refractivity contribution in [1.29, 1.82) is 0 Å². The van der Waals surface area contributed by atoms with Gasteiger partial charge in [-0.25, -0.2) is 4.79 Å². The summed E-state index contributed by atoms with van der Waals surface area (Å²) >= 11 is 0. The molecular weight excluding hydrogens is 346 g/mol. The predicted octanol–water partition coefficient (Wildman–Crippen LogP) is 4.12. The molecule has 0 bridgehead atoms. The third kappa shape index (κ3) is 3.94. The van der Waals surface area contributed by atoms with Crippen molar-refractivity contribution in [2.45, 2.75) is 53.6 Å². The van der Waals surface area contributed by atoms with Crippen molar-refractivity contribution in [1.82, 2.24) is 5.16 Å². The topological polar surface area (TPSA) is 82.5 Å². The predicted molar refractivity (Wildman–Crippen MR) is 101 cm³/mol. The van der Waals surface area contributed by atoms with Crippen LogP contribution in [0, 0.1) is 20.8 Å². The molecule has 142 valence electrons. The van der Waals surface area contributed by atoms with Crippen molar-refractivity contribution >= 4 is 16.9 Å². The monoisotopic (exact) mass is 369 g/mol. The van der Waals surface area contributed by atoms with Crippen LogP contribution in [-0.4, -0.2) is 11.1 Å². The Hall–Kier alpha value is -2.89. The van der Waals surface area contributed by atoms with Crippen LogP contribution in [0.25, 0.3) is 11.0 Å². The molecule has 3 rings (SSSR count). The van der Waals surface area contributed by atoms with Crippen molar-refractivity contribution in [2.75, 3.05) is 0 Å². The second-order valence-corrected chi connectivity index (χ2v) is 7.09. The van der Waals surface area contributed by atoms with Crippen LogP contribution >= 0.6 is 0 Å². The largest absolute Gasteiger partial charge is 0.461 e. The van der Waals surface area contributed by atoms with Gasteiger partial charge in [0, 0.05) is 22.6 Å². The molecule has 0 spiro atoms. The number of aromatic nitrogens is 1. The lowest BCUT2D eigenvalue weighted by Crippen LogP contribution is -2.11. The summed E-state index contributed by atoms with van der Waals surface area (Å²) in [6.45, 7) is 9.75. The van der Waals surface area contributed by atoms with Crippen LogP contribution in [0.15, 0.2) is 31.9 Å². The van der Waals surface area contributed by atoms with Gasteiger partial charge in [0.25, 0.3) is 0 Å². The lowest BCUT2D eigenvalue weighted by molar-refractivity contribution is -0.144. The second kappa shape index (κ2) is 7.39. The zero-order valence-corrected chi connectivity index (χ0v) is 16.2. The van der Waals surface area contributed by atoms with Crippen LogP contribution in [0.1, 0.15) is 53.5 Å². The Balaban J connectivity index is 1.86. The molecule has 6 heteroatoms. The molecule has 0 saturated carbocycles. The summed E-state index contributed by atoms with van der Waals surface area (Å²) in [5, 5.41) is 4.62. The standard InChI is InChI=1S/C21H23NO5/c1-11(2)16-8-18-15(7-21(24)26-19(18)6-12(16)3)10-25-20(23)9-17-13(4)22-27-14(17)5/h6-8,11H,9-10H2,1-5H3. The van der Waals surface area contributed by atoms with E-state index >= 15 is 0 Å². The maximum atomic E-state index is 12.2. The summed E-state index contributed by atoms with van der Waals surface area (Å²) in [7, 11) is 0. The van der Waals surface area contributed by atoms with E-state index in [4.69, 9.17) is 13.7 Å². The number of carbonyl (C=O) groups excluding carboxylic acids is 1. The molecule has 0 amide bonds. The Labute approximate surface area is 157 Å². The molecule has 0 N–H and O–H groups in total. The Bertz CT molecular complexity index is 1040. The smallest absolute Gasteiger partial charge is 0.336 e. The minimum Gasteiger partial charge on any atom is -0.461 e. The average Bonchev–Trinajstić information content (AvgIpc) is 2.90. The first-order valence-corrected chi connectivity index (χ1v) is 8.91. The molecule has 0 aliphatic carbocycles. The van der Waals surface area contributed by atoms with Gasteiger partial charge in [0.05, 0.1) is 12.1 Å². The highest BCUT2D eigenvalue weighted by Gasteiger charge is 2.16. The van der Waals surface area contributed by atoms with Crippen molar-refractivity contribution < 1.29 is 18.5 Å². The number of fused-ring (bicyclic) bond motifs is 1. The van der Waals surface area contributed by atoms with Crippen molar-refractivity contribution in [3.63, 3.8) is 0 Å². The van der Waals surface area contributed by atoms with E-state index < -0.39 is 11.6 Å². The van der Waals surface area contributed by atoms with Crippen molar-refractivity contribution in [3.05, 3.63) is 62.3 Å². The molecule has 0 unspecified atom stereocenters. The number of nitrogens with zero attached hydrogens (tertiary/aromatic N) is 1. The number of ether oxygens (including phenoxy) is 1. The van der Waals surface area contributed by atoms with Crippen molar-refractivity contribution in [2.24, 2.45) is 0 Å². The average molecular weight is 369 g/mol. The highest BCUT2D eigenvalue weighted by molar-refractivity contribution is 5.82. The van der Waals surface area contributed by atoms with Gasteiger partial charge in [-0.1, -0.05) is 19.0 Å². The molecule has 27 heavy (non-hydrogen) atoms. The van der Waals surface area contributed by atoms with Crippen LogP contribution in [0.3, 0.4) is 0 Å². The summed E-state index contributed by atoms with van der Waals surface area (Å²) in [6.07, 6.45) is 0.0803. The fraction of sp³-hybridized carbons (Fsp3) is 0.381. The van der Waals surface area contributed by atoms with Crippen LogP contribution in [0.2, 0.25) is 0 Å². The second-order valence-electron chi connectivity index (χ2n) is 7.09. The molecule has 2 aromatic heterocycles. The molecule has 0 radical (unpaired) electrons. The van der Waals surface area contributed by atoms with Crippen LogP contribution < -0.4 is 5.63 Å². The zero-order chi connectivity index (χ0) is 19.7. The maximum Gasteiger partial charge on any atom is 0.336 e. The van der Waals surface area contributed by atoms with E-state index in [1.165, 1.54) is 11.6 Å². The quantitative estimate of drug-likeness (QED) is 0.497. The van der Waals surface area contributed by atoms with Gasteiger partial charge in [0.15, 0.2) is 0 Å². The van der Waals surface area contributed by atoms with E-state index in [-0.39, 0.29) is 13.0 Å². The van der Waals surface area contributed by atoms with Crippen LogP contribution in [-0.2, 0) is 22.6 Å². The molecule has 0 aliphatic heterocycles. The third-order valence-corrected chi connectivity index (χ3v) is 4.73. The lowest BCUT2D eigenvalue weighted by atomic mass is 9.95. The number of benzene rings is 1. The molecule has 3 aromatic rings. The number of carbonyl (C=O) groups is 1. The lowest BCUT2D eigenvalue weighted by Gasteiger charge is -2.13. The first kappa shape index (κ1) is 18.9. The normalized spacial score (nSPS) is 11.3. The van der Waals surface area contributed by atoms with E-state index in [1.807, 2.05) is 19.1 Å². The maximum absolute atomic E-state index is 12.2. The van der Waals surface area contributed by atoms with Gasteiger partial charge in [-0.3, -0.25) is 4.79 Å². The third-order valence-electron chi connectivity index (χ3n) is 4.73. The summed E-state index contributed by atoms with van der Waals surface area (Å²) in [6, 6.07) is 5.25. The van der Waals surface area contributed by atoms with Crippen molar-refractivity contribution in [3.8, 4) is 0 Å². The van der Waals surface area contributed by atoms with E-state index in [0.29, 0.717) is 28.5 Å². The molecule has 0 saturated heterocycles. The molecule has 1 aromatic carbocycles. The Morgan fingerprint density at radius 2 is 1.93 bits per heavy atom. The number of esters is 1. The summed E-state index contributed by atoms with van der Waals surface area (Å²) in [5.74, 6) is 0.533. The first-order valence-electron chi connectivity index (χ1n) is 8.91. The summed E-state index contributed by atoms with van der Waals surface area (Å²) < 4.78 is 15.8. The van der Waals surface area contributed by atoms with Gasteiger partial charge in [-0.2, -0.15) is 0 Å². The fourth-order valence-corrected chi connectivity index (χ4v) is 3.24. The Morgan fingerprint density at radius 1 is 1.19 bits per heavy atom.